The van der Waals surface area contributed by atoms with Gasteiger partial charge in [0.2, 0.25) is 0 Å². The van der Waals surface area contributed by atoms with E-state index in [9.17, 15) is 0 Å². The number of hydrogen-bond donors (Lipinski definition) is 1. The monoisotopic (exact) mass is 269 g/mol. The first kappa shape index (κ1) is 16.9. The molecule has 0 amide bonds. The third-order valence-electron chi connectivity index (χ3n) is 4.93. The number of hydrogen-bond acceptors (Lipinski definition) is 3. The Balaban J connectivity index is 2.22. The Hall–Kier alpha value is -0.120. The zero-order chi connectivity index (χ0) is 14.3. The lowest BCUT2D eigenvalue weighted by Gasteiger charge is -2.50. The molecule has 0 aliphatic heterocycles. The summed E-state index contributed by atoms with van der Waals surface area (Å²) in [7, 11) is 6.78. The third kappa shape index (κ3) is 5.05. The van der Waals surface area contributed by atoms with Crippen molar-refractivity contribution in [2.24, 2.45) is 0 Å². The van der Waals surface area contributed by atoms with Crippen molar-refractivity contribution in [1.29, 1.82) is 0 Å². The second kappa shape index (κ2) is 8.23. The highest BCUT2D eigenvalue weighted by Gasteiger charge is 2.40. The van der Waals surface area contributed by atoms with Crippen molar-refractivity contribution in [3.8, 4) is 0 Å². The van der Waals surface area contributed by atoms with Gasteiger partial charge in [-0.25, -0.2) is 0 Å². The van der Waals surface area contributed by atoms with Gasteiger partial charge in [-0.3, -0.25) is 0 Å². The molecule has 19 heavy (non-hydrogen) atoms. The van der Waals surface area contributed by atoms with Crippen LogP contribution < -0.4 is 5.32 Å². The van der Waals surface area contributed by atoms with Crippen molar-refractivity contribution in [2.45, 2.75) is 64.0 Å². The molecule has 1 rings (SSSR count). The van der Waals surface area contributed by atoms with Crippen LogP contribution in [0.4, 0.5) is 0 Å². The molecule has 0 spiro atoms. The molecular weight excluding hydrogens is 234 g/mol. The summed E-state index contributed by atoms with van der Waals surface area (Å²) < 4.78 is 0. The first-order chi connectivity index (χ1) is 9.02. The summed E-state index contributed by atoms with van der Waals surface area (Å²) in [6.07, 6.45) is 7.98. The second-order valence-corrected chi connectivity index (χ2v) is 6.63. The van der Waals surface area contributed by atoms with Gasteiger partial charge in [-0.2, -0.15) is 0 Å². The van der Waals surface area contributed by atoms with Crippen LogP contribution in [0.3, 0.4) is 0 Å². The molecule has 0 bridgehead atoms. The maximum atomic E-state index is 3.49. The fourth-order valence-electron chi connectivity index (χ4n) is 3.00. The topological polar surface area (TPSA) is 18.5 Å². The summed E-state index contributed by atoms with van der Waals surface area (Å²) in [6, 6.07) is 0.695. The molecule has 1 saturated carbocycles. The summed E-state index contributed by atoms with van der Waals surface area (Å²) in [5.41, 5.74) is 0.462. The largest absolute Gasteiger partial charge is 0.317 e. The average molecular weight is 269 g/mol. The van der Waals surface area contributed by atoms with Gasteiger partial charge in [0.15, 0.2) is 0 Å². The van der Waals surface area contributed by atoms with E-state index in [4.69, 9.17) is 0 Å². The molecule has 0 aromatic carbocycles. The van der Waals surface area contributed by atoms with Gasteiger partial charge in [0.1, 0.15) is 0 Å². The Kier molecular flexibility index (Phi) is 7.33. The van der Waals surface area contributed by atoms with Gasteiger partial charge >= 0.3 is 0 Å². The normalized spacial score (nSPS) is 19.7. The van der Waals surface area contributed by atoms with Crippen LogP contribution in [-0.4, -0.2) is 62.2 Å². The van der Waals surface area contributed by atoms with E-state index >= 15 is 0 Å². The molecule has 0 radical (unpaired) electrons. The van der Waals surface area contributed by atoms with Gasteiger partial charge in [0.05, 0.1) is 0 Å². The van der Waals surface area contributed by atoms with Crippen LogP contribution in [0, 0.1) is 0 Å². The molecule has 0 aromatic rings. The van der Waals surface area contributed by atoms with E-state index in [-0.39, 0.29) is 0 Å². The van der Waals surface area contributed by atoms with Crippen molar-refractivity contribution in [1.82, 2.24) is 15.1 Å². The molecule has 1 fully saturated rings. The van der Waals surface area contributed by atoms with Gasteiger partial charge in [-0.15, -0.1) is 0 Å². The summed E-state index contributed by atoms with van der Waals surface area (Å²) >= 11 is 0. The zero-order valence-corrected chi connectivity index (χ0v) is 13.8. The lowest BCUT2D eigenvalue weighted by atomic mass is 9.75. The highest BCUT2D eigenvalue weighted by atomic mass is 15.2. The van der Waals surface area contributed by atoms with E-state index in [0.29, 0.717) is 11.6 Å². The molecule has 3 heteroatoms. The minimum absolute atomic E-state index is 0.462. The number of rotatable bonds is 10. The Labute approximate surface area is 120 Å². The SMILES string of the molecule is CCCNCCCC(C)N(C)CC1(N(C)C)CCC1. The number of nitrogens with zero attached hydrogens (tertiary/aromatic N) is 2. The number of nitrogens with one attached hydrogen (secondary N) is 1. The van der Waals surface area contributed by atoms with Crippen LogP contribution in [0.15, 0.2) is 0 Å². The van der Waals surface area contributed by atoms with Crippen LogP contribution in [0.5, 0.6) is 0 Å². The molecule has 0 saturated heterocycles. The molecule has 3 nitrogen and oxygen atoms in total. The van der Waals surface area contributed by atoms with E-state index in [0.717, 1.165) is 6.54 Å². The van der Waals surface area contributed by atoms with Gasteiger partial charge < -0.3 is 15.1 Å². The predicted molar refractivity (Wildman–Crippen MR) is 84.8 cm³/mol. The fraction of sp³-hybridized carbons (Fsp3) is 1.00. The molecule has 1 unspecified atom stereocenters. The molecule has 1 atom stereocenters. The van der Waals surface area contributed by atoms with Crippen LogP contribution in [0.1, 0.15) is 52.4 Å². The van der Waals surface area contributed by atoms with E-state index in [1.165, 1.54) is 51.6 Å². The zero-order valence-electron chi connectivity index (χ0n) is 13.8. The Morgan fingerprint density at radius 3 is 2.32 bits per heavy atom. The maximum absolute atomic E-state index is 3.49. The van der Waals surface area contributed by atoms with E-state index in [1.807, 2.05) is 0 Å². The van der Waals surface area contributed by atoms with Gasteiger partial charge in [-0.1, -0.05) is 6.92 Å². The first-order valence-corrected chi connectivity index (χ1v) is 8.10. The molecule has 0 heterocycles. The molecule has 1 aliphatic carbocycles. The van der Waals surface area contributed by atoms with Crippen molar-refractivity contribution in [2.75, 3.05) is 40.8 Å². The Morgan fingerprint density at radius 1 is 1.16 bits per heavy atom. The minimum atomic E-state index is 0.462. The molecule has 1 aliphatic rings. The minimum Gasteiger partial charge on any atom is -0.317 e. The highest BCUT2D eigenvalue weighted by Crippen LogP contribution is 2.37. The average Bonchev–Trinajstić information content (AvgIpc) is 2.32. The summed E-state index contributed by atoms with van der Waals surface area (Å²) in [5, 5.41) is 3.49. The first-order valence-electron chi connectivity index (χ1n) is 8.10. The Morgan fingerprint density at radius 2 is 1.84 bits per heavy atom. The lowest BCUT2D eigenvalue weighted by Crippen LogP contribution is -2.57. The quantitative estimate of drug-likeness (QED) is 0.615. The van der Waals surface area contributed by atoms with Crippen molar-refractivity contribution >= 4 is 0 Å². The van der Waals surface area contributed by atoms with Gasteiger partial charge in [0, 0.05) is 18.1 Å². The highest BCUT2D eigenvalue weighted by molar-refractivity contribution is 4.98. The molecule has 114 valence electrons. The number of likely N-dealkylation sites (N-methyl/N-ethyl adjacent to an activating group) is 2. The van der Waals surface area contributed by atoms with Gasteiger partial charge in [0.25, 0.3) is 0 Å². The van der Waals surface area contributed by atoms with E-state index < -0.39 is 0 Å². The summed E-state index contributed by atoms with van der Waals surface area (Å²) in [5.74, 6) is 0. The second-order valence-electron chi connectivity index (χ2n) is 6.63. The van der Waals surface area contributed by atoms with Crippen LogP contribution in [-0.2, 0) is 0 Å². The molecular formula is C16H35N3. The van der Waals surface area contributed by atoms with E-state index in [2.05, 4.69) is 50.1 Å². The van der Waals surface area contributed by atoms with Crippen LogP contribution in [0.2, 0.25) is 0 Å². The van der Waals surface area contributed by atoms with Crippen molar-refractivity contribution in [3.63, 3.8) is 0 Å². The lowest BCUT2D eigenvalue weighted by molar-refractivity contribution is 0.0170. The van der Waals surface area contributed by atoms with E-state index in [1.54, 1.807) is 0 Å². The molecule has 1 N–H and O–H groups in total. The smallest absolute Gasteiger partial charge is 0.0330 e. The molecule has 0 aromatic heterocycles. The van der Waals surface area contributed by atoms with Gasteiger partial charge in [-0.05, 0) is 79.7 Å². The fourth-order valence-corrected chi connectivity index (χ4v) is 3.00. The van der Waals surface area contributed by atoms with Crippen LogP contribution in [0.25, 0.3) is 0 Å². The third-order valence-corrected chi connectivity index (χ3v) is 4.93. The standard InChI is InChI=1S/C16H35N3/c1-6-12-17-13-7-9-15(2)19(5)14-16(18(3)4)10-8-11-16/h15,17H,6-14H2,1-5H3. The van der Waals surface area contributed by atoms with Crippen molar-refractivity contribution < 1.29 is 0 Å². The Bertz CT molecular complexity index is 236. The van der Waals surface area contributed by atoms with Crippen molar-refractivity contribution in [3.05, 3.63) is 0 Å². The van der Waals surface area contributed by atoms with Crippen LogP contribution >= 0.6 is 0 Å². The summed E-state index contributed by atoms with van der Waals surface area (Å²) in [6.45, 7) is 8.16. The maximum Gasteiger partial charge on any atom is 0.0330 e. The summed E-state index contributed by atoms with van der Waals surface area (Å²) in [4.78, 5) is 5.02. The predicted octanol–water partition coefficient (Wildman–Crippen LogP) is 2.57.